The van der Waals surface area contributed by atoms with Crippen LogP contribution < -0.4 is 10.4 Å². The lowest BCUT2D eigenvalue weighted by atomic mass is 9.99. The number of fused-ring (bicyclic) bond motifs is 1. The quantitative estimate of drug-likeness (QED) is 0.776. The van der Waals surface area contributed by atoms with Crippen molar-refractivity contribution in [1.82, 2.24) is 9.97 Å². The van der Waals surface area contributed by atoms with Gasteiger partial charge in [-0.15, -0.1) is 11.3 Å². The second kappa shape index (κ2) is 5.82. The largest absolute Gasteiger partial charge is 0.544 e. The van der Waals surface area contributed by atoms with Crippen LogP contribution in [0.5, 0.6) is 0 Å². The molecule has 0 atom stereocenters. The first-order valence-corrected chi connectivity index (χ1v) is 7.77. The summed E-state index contributed by atoms with van der Waals surface area (Å²) in [4.78, 5) is 20.1. The maximum atomic E-state index is 10.7. The van der Waals surface area contributed by atoms with Crippen molar-refractivity contribution in [2.24, 2.45) is 0 Å². The molecule has 0 saturated carbocycles. The number of aliphatic carboxylic acids is 1. The summed E-state index contributed by atoms with van der Waals surface area (Å²) in [5, 5.41) is 15.2. The Morgan fingerprint density at radius 1 is 1.27 bits per heavy atom. The SMILES string of the molecule is Cc1ccc(-c2csc3ncnc([NH2+]CC(=O)[O-])c23)c(C)c1. The van der Waals surface area contributed by atoms with Gasteiger partial charge in [0.1, 0.15) is 23.1 Å². The number of hydrogen-bond acceptors (Lipinski definition) is 5. The molecule has 0 spiro atoms. The van der Waals surface area contributed by atoms with Crippen molar-refractivity contribution in [1.29, 1.82) is 0 Å². The lowest BCUT2D eigenvalue weighted by Gasteiger charge is -2.07. The zero-order chi connectivity index (χ0) is 15.7. The van der Waals surface area contributed by atoms with E-state index in [-0.39, 0.29) is 6.54 Å². The van der Waals surface area contributed by atoms with Crippen LogP contribution in [0.15, 0.2) is 29.9 Å². The molecule has 0 saturated heterocycles. The van der Waals surface area contributed by atoms with Crippen LogP contribution in [-0.4, -0.2) is 22.5 Å². The van der Waals surface area contributed by atoms with E-state index in [9.17, 15) is 9.90 Å². The molecular weight excluding hydrogens is 298 g/mol. The number of quaternary nitrogens is 1. The number of aromatic nitrogens is 2. The number of carbonyl (C=O) groups excluding carboxylic acids is 1. The zero-order valence-electron chi connectivity index (χ0n) is 12.3. The van der Waals surface area contributed by atoms with Crippen molar-refractivity contribution in [3.05, 3.63) is 41.0 Å². The molecule has 112 valence electrons. The fourth-order valence-corrected chi connectivity index (χ4v) is 3.46. The van der Waals surface area contributed by atoms with Crippen LogP contribution >= 0.6 is 11.3 Å². The predicted octanol–water partition coefficient (Wildman–Crippen LogP) is 0.920. The van der Waals surface area contributed by atoms with Crippen LogP contribution in [0.25, 0.3) is 21.3 Å². The van der Waals surface area contributed by atoms with Crippen LogP contribution in [0.3, 0.4) is 0 Å². The second-order valence-corrected chi connectivity index (χ2v) is 6.05. The Hall–Kier alpha value is -2.31. The third-order valence-corrected chi connectivity index (χ3v) is 4.42. The predicted molar refractivity (Wildman–Crippen MR) is 83.8 cm³/mol. The maximum absolute atomic E-state index is 10.7. The Morgan fingerprint density at radius 3 is 2.82 bits per heavy atom. The molecular formula is C16H15N3O2S. The van der Waals surface area contributed by atoms with E-state index in [0.717, 1.165) is 21.3 Å². The van der Waals surface area contributed by atoms with E-state index in [2.05, 4.69) is 42.0 Å². The number of carboxylic acid groups (broad SMARTS) is 1. The van der Waals surface area contributed by atoms with Crippen LogP contribution in [0.2, 0.25) is 0 Å². The number of benzene rings is 1. The molecule has 6 heteroatoms. The van der Waals surface area contributed by atoms with Gasteiger partial charge < -0.3 is 9.90 Å². The number of thiophene rings is 1. The molecule has 0 aliphatic carbocycles. The Kier molecular flexibility index (Phi) is 3.87. The van der Waals surface area contributed by atoms with Crippen molar-refractivity contribution in [3.8, 4) is 11.1 Å². The smallest absolute Gasteiger partial charge is 0.237 e. The molecule has 2 N–H and O–H groups in total. The highest BCUT2D eigenvalue weighted by Gasteiger charge is 2.16. The third kappa shape index (κ3) is 2.70. The molecule has 2 heterocycles. The molecule has 2 aromatic heterocycles. The number of aryl methyl sites for hydroxylation is 2. The van der Waals surface area contributed by atoms with Crippen molar-refractivity contribution in [2.45, 2.75) is 13.8 Å². The van der Waals surface area contributed by atoms with Gasteiger partial charge in [-0.05, 0) is 25.0 Å². The average Bonchev–Trinajstić information content (AvgIpc) is 2.89. The number of hydrogen-bond donors (Lipinski definition) is 1. The first-order valence-electron chi connectivity index (χ1n) is 6.89. The standard InChI is InChI=1S/C16H15N3O2S/c1-9-3-4-11(10(2)5-9)12-7-22-16-14(12)15(18-8-19-16)17-6-13(20)21/h3-5,7-8H,6H2,1-2H3,(H,20,21)(H,17,18,19). The van der Waals surface area contributed by atoms with Crippen molar-refractivity contribution in [3.63, 3.8) is 0 Å². The first-order chi connectivity index (χ1) is 10.6. The highest BCUT2D eigenvalue weighted by Crippen LogP contribution is 2.36. The maximum Gasteiger partial charge on any atom is 0.237 e. The molecule has 0 aliphatic heterocycles. The summed E-state index contributed by atoms with van der Waals surface area (Å²) in [5.74, 6) is -0.472. The van der Waals surface area contributed by atoms with Gasteiger partial charge in [-0.3, -0.25) is 5.32 Å². The Bertz CT molecular complexity index is 858. The Labute approximate surface area is 131 Å². The summed E-state index contributed by atoms with van der Waals surface area (Å²) in [6, 6.07) is 6.29. The molecule has 22 heavy (non-hydrogen) atoms. The molecule has 0 bridgehead atoms. The monoisotopic (exact) mass is 313 g/mol. The molecule has 0 radical (unpaired) electrons. The van der Waals surface area contributed by atoms with Gasteiger partial charge in [0.2, 0.25) is 5.82 Å². The van der Waals surface area contributed by atoms with Crippen molar-refractivity contribution in [2.75, 3.05) is 6.54 Å². The minimum atomic E-state index is -1.12. The minimum absolute atomic E-state index is 0.158. The van der Waals surface area contributed by atoms with Crippen molar-refractivity contribution >= 4 is 33.3 Å². The topological polar surface area (TPSA) is 82.5 Å². The second-order valence-electron chi connectivity index (χ2n) is 5.19. The van der Waals surface area contributed by atoms with E-state index in [4.69, 9.17) is 0 Å². The van der Waals surface area contributed by atoms with Crippen LogP contribution in [0.1, 0.15) is 11.1 Å². The lowest BCUT2D eigenvalue weighted by molar-refractivity contribution is -0.571. The normalized spacial score (nSPS) is 11.0. The molecule has 0 unspecified atom stereocenters. The van der Waals surface area contributed by atoms with Crippen LogP contribution in [0.4, 0.5) is 5.82 Å². The molecule has 0 fully saturated rings. The zero-order valence-corrected chi connectivity index (χ0v) is 13.1. The van der Waals surface area contributed by atoms with Gasteiger partial charge in [0, 0.05) is 10.9 Å². The highest BCUT2D eigenvalue weighted by atomic mass is 32.1. The fourth-order valence-electron chi connectivity index (χ4n) is 2.55. The average molecular weight is 313 g/mol. The van der Waals surface area contributed by atoms with Gasteiger partial charge in [-0.1, -0.05) is 23.8 Å². The van der Waals surface area contributed by atoms with E-state index in [1.54, 1.807) is 5.32 Å². The molecule has 3 rings (SSSR count). The molecule has 0 amide bonds. The molecule has 5 nitrogen and oxygen atoms in total. The van der Waals surface area contributed by atoms with E-state index in [1.807, 2.05) is 5.38 Å². The fraction of sp³-hybridized carbons (Fsp3) is 0.188. The third-order valence-electron chi connectivity index (χ3n) is 3.53. The van der Waals surface area contributed by atoms with Gasteiger partial charge in [-0.2, -0.15) is 4.98 Å². The van der Waals surface area contributed by atoms with E-state index in [1.165, 1.54) is 28.8 Å². The minimum Gasteiger partial charge on any atom is -0.544 e. The number of carboxylic acids is 1. The number of nitrogens with two attached hydrogens (primary N) is 1. The number of rotatable bonds is 4. The van der Waals surface area contributed by atoms with Crippen LogP contribution in [-0.2, 0) is 4.79 Å². The summed E-state index contributed by atoms with van der Waals surface area (Å²) in [6.07, 6.45) is 1.46. The van der Waals surface area contributed by atoms with Gasteiger partial charge >= 0.3 is 0 Å². The Morgan fingerprint density at radius 2 is 2.09 bits per heavy atom. The molecule has 1 aromatic carbocycles. The highest BCUT2D eigenvalue weighted by molar-refractivity contribution is 7.17. The first kappa shape index (κ1) is 14.6. The summed E-state index contributed by atoms with van der Waals surface area (Å²) >= 11 is 1.54. The lowest BCUT2D eigenvalue weighted by Crippen LogP contribution is -2.81. The molecule has 3 aromatic rings. The molecule has 0 aliphatic rings. The Balaban J connectivity index is 2.15. The summed E-state index contributed by atoms with van der Waals surface area (Å²) in [6.45, 7) is 3.97. The summed E-state index contributed by atoms with van der Waals surface area (Å²) in [5.41, 5.74) is 4.55. The van der Waals surface area contributed by atoms with Crippen LogP contribution in [0, 0.1) is 13.8 Å². The summed E-state index contributed by atoms with van der Waals surface area (Å²) < 4.78 is 0. The van der Waals surface area contributed by atoms with Gasteiger partial charge in [0.15, 0.2) is 0 Å². The van der Waals surface area contributed by atoms with E-state index >= 15 is 0 Å². The number of carbonyl (C=O) groups is 1. The summed E-state index contributed by atoms with van der Waals surface area (Å²) in [7, 11) is 0. The van der Waals surface area contributed by atoms with Crippen molar-refractivity contribution < 1.29 is 15.2 Å². The van der Waals surface area contributed by atoms with Gasteiger partial charge in [0.05, 0.1) is 5.97 Å². The van der Waals surface area contributed by atoms with E-state index in [0.29, 0.717) is 5.82 Å². The van der Waals surface area contributed by atoms with E-state index < -0.39 is 5.97 Å². The number of nitrogens with zero attached hydrogens (tertiary/aromatic N) is 2. The van der Waals surface area contributed by atoms with Gasteiger partial charge in [0.25, 0.3) is 0 Å². The van der Waals surface area contributed by atoms with Gasteiger partial charge in [-0.25, -0.2) is 4.98 Å².